The number of ether oxygens (including phenoxy) is 1. The van der Waals surface area contributed by atoms with Gasteiger partial charge in [0.05, 0.1) is 25.3 Å². The molecule has 11 nitrogen and oxygen atoms in total. The van der Waals surface area contributed by atoms with Crippen molar-refractivity contribution < 1.29 is 18.7 Å². The summed E-state index contributed by atoms with van der Waals surface area (Å²) in [5.74, 6) is -0.792. The minimum absolute atomic E-state index is 0.0832. The van der Waals surface area contributed by atoms with E-state index in [0.29, 0.717) is 31.0 Å². The Morgan fingerprint density at radius 3 is 2.54 bits per heavy atom. The zero-order valence-electron chi connectivity index (χ0n) is 25.9. The van der Waals surface area contributed by atoms with Gasteiger partial charge in [0.25, 0.3) is 5.91 Å². The fourth-order valence-corrected chi connectivity index (χ4v) is 5.14. The van der Waals surface area contributed by atoms with E-state index in [2.05, 4.69) is 38.0 Å². The number of pyridine rings is 1. The molecule has 0 spiro atoms. The maximum atomic E-state index is 14.5. The second-order valence-corrected chi connectivity index (χ2v) is 11.0. The lowest BCUT2D eigenvalue weighted by Gasteiger charge is -2.18. The van der Waals surface area contributed by atoms with Crippen LogP contribution in [0.4, 0.5) is 4.39 Å². The number of nitrogens with one attached hydrogen (secondary N) is 2. The maximum absolute atomic E-state index is 14.5. The number of hydrogen-bond acceptors (Lipinski definition) is 8. The standard InChI is InChI=1S/C34H37FN8O3/c1-3-5-17-46-32(44)19-25(18-24-11-6-9-14-29(24)35)37-34(45)31-20-26(10-4-2)43(40-31)22-23-15-16-30(36-21-23)27-12-7-8-13-28(27)33-38-41-42-39-33/h6-9,11-16,20-21,25H,3-5,10,17-19,22H2,1-2H3,(H,37,45)(H,38,39,41,42). The Morgan fingerprint density at radius 1 is 1.02 bits per heavy atom. The SMILES string of the molecule is CCCCOC(=O)CC(Cc1ccccc1F)NC(=O)c1cc(CCC)n(Cc2ccc(-c3ccccc3-c3nn[nH]n3)nc2)n1. The van der Waals surface area contributed by atoms with Gasteiger partial charge in [-0.2, -0.15) is 10.3 Å². The summed E-state index contributed by atoms with van der Waals surface area (Å²) in [6.45, 7) is 4.78. The highest BCUT2D eigenvalue weighted by molar-refractivity contribution is 5.93. The second kappa shape index (κ2) is 15.6. The average Bonchev–Trinajstić information content (AvgIpc) is 3.74. The number of carbonyl (C=O) groups excluding carboxylic acids is 2. The van der Waals surface area contributed by atoms with Crippen LogP contribution < -0.4 is 5.32 Å². The smallest absolute Gasteiger partial charge is 0.307 e. The van der Waals surface area contributed by atoms with Gasteiger partial charge in [-0.15, -0.1) is 10.2 Å². The van der Waals surface area contributed by atoms with E-state index < -0.39 is 23.7 Å². The Labute approximate surface area is 266 Å². The molecular weight excluding hydrogens is 587 g/mol. The molecule has 46 heavy (non-hydrogen) atoms. The van der Waals surface area contributed by atoms with E-state index in [-0.39, 0.29) is 18.5 Å². The first kappa shape index (κ1) is 32.1. The van der Waals surface area contributed by atoms with Gasteiger partial charge in [-0.1, -0.05) is 75.2 Å². The lowest BCUT2D eigenvalue weighted by Crippen LogP contribution is -2.39. The molecule has 0 radical (unpaired) electrons. The van der Waals surface area contributed by atoms with Gasteiger partial charge in [-0.05, 0) is 53.8 Å². The Kier molecular flexibility index (Phi) is 10.9. The summed E-state index contributed by atoms with van der Waals surface area (Å²) in [6, 6.07) is 19.0. The maximum Gasteiger partial charge on any atom is 0.307 e. The van der Waals surface area contributed by atoms with Crippen molar-refractivity contribution in [2.24, 2.45) is 0 Å². The van der Waals surface area contributed by atoms with Gasteiger partial charge in [-0.25, -0.2) is 4.39 Å². The van der Waals surface area contributed by atoms with Gasteiger partial charge in [-0.3, -0.25) is 19.3 Å². The summed E-state index contributed by atoms with van der Waals surface area (Å²) >= 11 is 0. The molecule has 0 saturated carbocycles. The zero-order valence-corrected chi connectivity index (χ0v) is 25.9. The van der Waals surface area contributed by atoms with Crippen molar-refractivity contribution in [1.82, 2.24) is 40.7 Å². The van der Waals surface area contributed by atoms with Crippen LogP contribution in [-0.2, 0) is 28.9 Å². The van der Waals surface area contributed by atoms with Gasteiger partial charge in [0.1, 0.15) is 11.5 Å². The molecule has 2 aromatic carbocycles. The van der Waals surface area contributed by atoms with Gasteiger partial charge in [0, 0.05) is 29.1 Å². The Hall–Kier alpha value is -5.26. The van der Waals surface area contributed by atoms with Crippen molar-refractivity contribution in [1.29, 1.82) is 0 Å². The van der Waals surface area contributed by atoms with E-state index in [4.69, 9.17) is 9.72 Å². The van der Waals surface area contributed by atoms with Crippen molar-refractivity contribution in [3.8, 4) is 22.6 Å². The molecule has 12 heteroatoms. The van der Waals surface area contributed by atoms with Crippen LogP contribution in [0, 0.1) is 5.82 Å². The molecule has 1 amide bonds. The van der Waals surface area contributed by atoms with Crippen molar-refractivity contribution in [3.63, 3.8) is 0 Å². The Bertz CT molecular complexity index is 1740. The van der Waals surface area contributed by atoms with E-state index >= 15 is 0 Å². The fraction of sp³-hybridized carbons (Fsp3) is 0.324. The molecule has 0 saturated heterocycles. The van der Waals surface area contributed by atoms with E-state index in [1.54, 1.807) is 35.1 Å². The number of H-pyrrole nitrogens is 1. The van der Waals surface area contributed by atoms with Crippen LogP contribution in [-0.4, -0.2) is 59.9 Å². The van der Waals surface area contributed by atoms with Gasteiger partial charge in [0.15, 0.2) is 0 Å². The number of rotatable bonds is 15. The number of aryl methyl sites for hydroxylation is 1. The molecule has 0 aliphatic rings. The Morgan fingerprint density at radius 2 is 1.83 bits per heavy atom. The van der Waals surface area contributed by atoms with Crippen LogP contribution in [0.2, 0.25) is 0 Å². The summed E-state index contributed by atoms with van der Waals surface area (Å²) in [5, 5.41) is 21.9. The van der Waals surface area contributed by atoms with Crippen LogP contribution in [0.1, 0.15) is 66.8 Å². The summed E-state index contributed by atoms with van der Waals surface area (Å²) in [6.07, 6.45) is 5.05. The second-order valence-electron chi connectivity index (χ2n) is 11.0. The number of carbonyl (C=O) groups is 2. The van der Waals surface area contributed by atoms with Crippen LogP contribution in [0.25, 0.3) is 22.6 Å². The molecular formula is C34H37FN8O3. The predicted molar refractivity (Wildman–Crippen MR) is 170 cm³/mol. The Balaban J connectivity index is 1.32. The molecule has 0 bridgehead atoms. The number of halogens is 1. The van der Waals surface area contributed by atoms with Crippen molar-refractivity contribution >= 4 is 11.9 Å². The molecule has 5 aromatic rings. The number of tetrazole rings is 1. The highest BCUT2D eigenvalue weighted by Gasteiger charge is 2.23. The number of esters is 1. The third-order valence-corrected chi connectivity index (χ3v) is 7.48. The van der Waals surface area contributed by atoms with Crippen molar-refractivity contribution in [2.75, 3.05) is 6.61 Å². The summed E-state index contributed by atoms with van der Waals surface area (Å²) in [7, 11) is 0. The average molecular weight is 625 g/mol. The number of aromatic nitrogens is 7. The molecule has 0 aliphatic heterocycles. The first-order valence-corrected chi connectivity index (χ1v) is 15.5. The normalized spacial score (nSPS) is 11.7. The lowest BCUT2D eigenvalue weighted by atomic mass is 10.0. The van der Waals surface area contributed by atoms with Crippen LogP contribution >= 0.6 is 0 Å². The van der Waals surface area contributed by atoms with E-state index in [1.807, 2.05) is 43.3 Å². The quantitative estimate of drug-likeness (QED) is 0.118. The number of amides is 1. The zero-order chi connectivity index (χ0) is 32.3. The number of hydrogen-bond donors (Lipinski definition) is 2. The number of benzene rings is 2. The molecule has 5 rings (SSSR count). The fourth-order valence-electron chi connectivity index (χ4n) is 5.14. The van der Waals surface area contributed by atoms with Crippen LogP contribution in [0.15, 0.2) is 72.9 Å². The van der Waals surface area contributed by atoms with Crippen LogP contribution in [0.5, 0.6) is 0 Å². The lowest BCUT2D eigenvalue weighted by molar-refractivity contribution is -0.144. The number of nitrogens with zero attached hydrogens (tertiary/aromatic N) is 6. The molecule has 0 fully saturated rings. The molecule has 1 unspecified atom stereocenters. The molecule has 2 N–H and O–H groups in total. The first-order chi connectivity index (χ1) is 22.4. The van der Waals surface area contributed by atoms with Crippen molar-refractivity contribution in [2.45, 2.75) is 65.0 Å². The molecule has 3 aromatic heterocycles. The molecule has 3 heterocycles. The topological polar surface area (TPSA) is 141 Å². The number of unbranched alkanes of at least 4 members (excludes halogenated alkanes) is 1. The summed E-state index contributed by atoms with van der Waals surface area (Å²) in [5.41, 5.74) is 4.87. The minimum atomic E-state index is -0.676. The molecule has 1 atom stereocenters. The molecule has 0 aliphatic carbocycles. The largest absolute Gasteiger partial charge is 0.466 e. The predicted octanol–water partition coefficient (Wildman–Crippen LogP) is 5.34. The first-order valence-electron chi connectivity index (χ1n) is 15.5. The monoisotopic (exact) mass is 624 g/mol. The van der Waals surface area contributed by atoms with E-state index in [1.165, 1.54) is 6.07 Å². The number of aromatic amines is 1. The minimum Gasteiger partial charge on any atom is -0.466 e. The third-order valence-electron chi connectivity index (χ3n) is 7.48. The highest BCUT2D eigenvalue weighted by atomic mass is 19.1. The molecule has 238 valence electrons. The summed E-state index contributed by atoms with van der Waals surface area (Å²) in [4.78, 5) is 30.7. The summed E-state index contributed by atoms with van der Waals surface area (Å²) < 4.78 is 21.6. The van der Waals surface area contributed by atoms with Crippen LogP contribution in [0.3, 0.4) is 0 Å². The van der Waals surface area contributed by atoms with Gasteiger partial charge < -0.3 is 10.1 Å². The van der Waals surface area contributed by atoms with Crippen molar-refractivity contribution in [3.05, 3.63) is 101 Å². The highest BCUT2D eigenvalue weighted by Crippen LogP contribution is 2.28. The third kappa shape index (κ3) is 8.26. The van der Waals surface area contributed by atoms with Gasteiger partial charge in [0.2, 0.25) is 5.82 Å². The van der Waals surface area contributed by atoms with E-state index in [0.717, 1.165) is 47.3 Å². The van der Waals surface area contributed by atoms with Gasteiger partial charge >= 0.3 is 5.97 Å². The van der Waals surface area contributed by atoms with E-state index in [9.17, 15) is 14.0 Å².